The Morgan fingerprint density at radius 1 is 1.14 bits per heavy atom. The first kappa shape index (κ1) is 20.0. The van der Waals surface area contributed by atoms with E-state index in [9.17, 15) is 23.1 Å². The minimum absolute atomic E-state index is 0.147. The van der Waals surface area contributed by atoms with Gasteiger partial charge in [0.25, 0.3) is 5.91 Å². The number of carbonyl (C=O) groups is 1. The van der Waals surface area contributed by atoms with E-state index >= 15 is 0 Å². The number of aromatic hydroxyl groups is 1. The molecule has 0 aromatic heterocycles. The summed E-state index contributed by atoms with van der Waals surface area (Å²) in [6, 6.07) is 11.3. The maximum absolute atomic E-state index is 12.8. The van der Waals surface area contributed by atoms with E-state index in [1.54, 1.807) is 19.1 Å². The first-order chi connectivity index (χ1) is 13.2. The van der Waals surface area contributed by atoms with Crippen LogP contribution in [-0.2, 0) is 11.0 Å². The maximum atomic E-state index is 12.8. The number of amides is 1. The summed E-state index contributed by atoms with van der Waals surface area (Å²) in [7, 11) is 0. The molecule has 0 radical (unpaired) electrons. The third-order valence-corrected chi connectivity index (χ3v) is 5.08. The highest BCUT2D eigenvalue weighted by Gasteiger charge is 2.32. The number of rotatable bonds is 4. The van der Waals surface area contributed by atoms with Crippen LogP contribution in [0.3, 0.4) is 0 Å². The molecule has 1 aliphatic heterocycles. The normalized spacial score (nSPS) is 16.6. The number of halogens is 3. The molecule has 2 aromatic rings. The number of anilines is 2. The van der Waals surface area contributed by atoms with Gasteiger partial charge in [0.05, 0.1) is 31.7 Å². The van der Waals surface area contributed by atoms with E-state index in [0.717, 1.165) is 48.9 Å². The van der Waals surface area contributed by atoms with Crippen LogP contribution < -0.4 is 15.1 Å². The molecule has 1 aliphatic rings. The molecule has 5 nitrogen and oxygen atoms in total. The van der Waals surface area contributed by atoms with Gasteiger partial charge in [-0.2, -0.15) is 13.2 Å². The predicted octanol–water partition coefficient (Wildman–Crippen LogP) is 2.14. The second-order valence-electron chi connectivity index (χ2n) is 6.95. The van der Waals surface area contributed by atoms with Gasteiger partial charge in [0.1, 0.15) is 5.75 Å². The topological polar surface area (TPSA) is 57.0 Å². The maximum Gasteiger partial charge on any atom is 0.416 e. The van der Waals surface area contributed by atoms with Gasteiger partial charge < -0.3 is 20.2 Å². The second-order valence-corrected chi connectivity index (χ2v) is 6.95. The zero-order valence-electron chi connectivity index (χ0n) is 15.5. The first-order valence-corrected chi connectivity index (χ1v) is 9.11. The highest BCUT2D eigenvalue weighted by molar-refractivity contribution is 5.93. The SMILES string of the molecule is C[C@H](C(=O)Nc1cccc(C(F)(F)F)c1)[NH+]1CCN(c2ccc(O)cc2)CC1. The fourth-order valence-electron chi connectivity index (χ4n) is 3.36. The van der Waals surface area contributed by atoms with Gasteiger partial charge in [-0.1, -0.05) is 6.07 Å². The van der Waals surface area contributed by atoms with Gasteiger partial charge >= 0.3 is 6.18 Å². The van der Waals surface area contributed by atoms with Crippen LogP contribution in [0.2, 0.25) is 0 Å². The van der Waals surface area contributed by atoms with Crippen LogP contribution in [0.1, 0.15) is 12.5 Å². The molecule has 1 fully saturated rings. The number of piperazine rings is 1. The zero-order chi connectivity index (χ0) is 20.3. The fourth-order valence-corrected chi connectivity index (χ4v) is 3.36. The smallest absolute Gasteiger partial charge is 0.416 e. The molecule has 0 spiro atoms. The number of alkyl halides is 3. The average Bonchev–Trinajstić information content (AvgIpc) is 2.68. The minimum atomic E-state index is -4.44. The Labute approximate surface area is 161 Å². The van der Waals surface area contributed by atoms with Gasteiger partial charge in [0, 0.05) is 11.4 Å². The predicted molar refractivity (Wildman–Crippen MR) is 101 cm³/mol. The number of phenols is 1. The monoisotopic (exact) mass is 394 g/mol. The lowest BCUT2D eigenvalue weighted by Gasteiger charge is -2.36. The Morgan fingerprint density at radius 2 is 1.79 bits per heavy atom. The molecule has 0 saturated carbocycles. The van der Waals surface area contributed by atoms with E-state index in [0.29, 0.717) is 0 Å². The quantitative estimate of drug-likeness (QED) is 0.745. The largest absolute Gasteiger partial charge is 0.508 e. The lowest BCUT2D eigenvalue weighted by atomic mass is 10.1. The summed E-state index contributed by atoms with van der Waals surface area (Å²) in [4.78, 5) is 15.8. The molecule has 3 rings (SSSR count). The molecule has 1 amide bonds. The van der Waals surface area contributed by atoms with Crippen LogP contribution in [-0.4, -0.2) is 43.2 Å². The molecule has 150 valence electrons. The summed E-state index contributed by atoms with van der Waals surface area (Å²) in [6.07, 6.45) is -4.44. The number of phenolic OH excluding ortho intramolecular Hbond substituents is 1. The van der Waals surface area contributed by atoms with Crippen molar-refractivity contribution in [2.24, 2.45) is 0 Å². The van der Waals surface area contributed by atoms with Crippen LogP contribution in [0.4, 0.5) is 24.5 Å². The summed E-state index contributed by atoms with van der Waals surface area (Å²) in [5.41, 5.74) is 0.375. The van der Waals surface area contributed by atoms with Gasteiger partial charge in [0.2, 0.25) is 0 Å². The van der Waals surface area contributed by atoms with Crippen LogP contribution >= 0.6 is 0 Å². The summed E-state index contributed by atoms with van der Waals surface area (Å²) >= 11 is 0. The van der Waals surface area contributed by atoms with Gasteiger partial charge in [-0.3, -0.25) is 4.79 Å². The van der Waals surface area contributed by atoms with Crippen molar-refractivity contribution in [1.29, 1.82) is 0 Å². The number of carbonyl (C=O) groups excluding carboxylic acids is 1. The number of hydrogen-bond donors (Lipinski definition) is 3. The van der Waals surface area contributed by atoms with Gasteiger partial charge in [0.15, 0.2) is 6.04 Å². The molecular formula is C20H23F3N3O2+. The number of nitrogens with zero attached hydrogens (tertiary/aromatic N) is 1. The fraction of sp³-hybridized carbons (Fsp3) is 0.350. The number of nitrogens with one attached hydrogen (secondary N) is 2. The number of quaternary nitrogens is 1. The third-order valence-electron chi connectivity index (χ3n) is 5.08. The Kier molecular flexibility index (Phi) is 5.79. The van der Waals surface area contributed by atoms with Crippen molar-refractivity contribution in [3.8, 4) is 5.75 Å². The van der Waals surface area contributed by atoms with Crippen molar-refractivity contribution >= 4 is 17.3 Å². The summed E-state index contributed by atoms with van der Waals surface area (Å²) in [6.45, 7) is 4.76. The summed E-state index contributed by atoms with van der Waals surface area (Å²) in [5, 5.41) is 12.0. The standard InChI is InChI=1S/C20H22F3N3O2/c1-14(19(28)24-16-4-2-3-15(13-16)20(21,22)23)25-9-11-26(12-10-25)17-5-7-18(27)8-6-17/h2-8,13-14,27H,9-12H2,1H3,(H,24,28)/p+1/t14-/m1/s1. The molecule has 0 unspecified atom stereocenters. The van der Waals surface area contributed by atoms with Crippen molar-refractivity contribution in [3.05, 3.63) is 54.1 Å². The molecule has 1 saturated heterocycles. The van der Waals surface area contributed by atoms with E-state index in [2.05, 4.69) is 10.2 Å². The number of benzene rings is 2. The average molecular weight is 394 g/mol. The van der Waals surface area contributed by atoms with Crippen LogP contribution in [0.25, 0.3) is 0 Å². The Hall–Kier alpha value is -2.74. The molecular weight excluding hydrogens is 371 g/mol. The molecule has 0 bridgehead atoms. The molecule has 8 heteroatoms. The molecule has 28 heavy (non-hydrogen) atoms. The van der Waals surface area contributed by atoms with E-state index < -0.39 is 11.7 Å². The van der Waals surface area contributed by atoms with Crippen molar-refractivity contribution in [3.63, 3.8) is 0 Å². The van der Waals surface area contributed by atoms with Crippen LogP contribution in [0, 0.1) is 0 Å². The molecule has 2 aromatic carbocycles. The highest BCUT2D eigenvalue weighted by Crippen LogP contribution is 2.30. The van der Waals surface area contributed by atoms with E-state index in [-0.39, 0.29) is 23.4 Å². The van der Waals surface area contributed by atoms with Crippen molar-refractivity contribution in [2.45, 2.75) is 19.1 Å². The van der Waals surface area contributed by atoms with Crippen molar-refractivity contribution < 1.29 is 28.0 Å². The number of hydrogen-bond acceptors (Lipinski definition) is 3. The molecule has 1 heterocycles. The molecule has 0 aliphatic carbocycles. The lowest BCUT2D eigenvalue weighted by molar-refractivity contribution is -0.914. The minimum Gasteiger partial charge on any atom is -0.508 e. The Balaban J connectivity index is 1.57. The van der Waals surface area contributed by atoms with Gasteiger partial charge in [-0.25, -0.2) is 0 Å². The van der Waals surface area contributed by atoms with Crippen LogP contribution in [0.5, 0.6) is 5.75 Å². The van der Waals surface area contributed by atoms with Crippen molar-refractivity contribution in [2.75, 3.05) is 36.4 Å². The van der Waals surface area contributed by atoms with E-state index in [1.807, 2.05) is 12.1 Å². The van der Waals surface area contributed by atoms with E-state index in [4.69, 9.17) is 0 Å². The molecule has 1 atom stereocenters. The second kappa shape index (κ2) is 8.10. The zero-order valence-corrected chi connectivity index (χ0v) is 15.5. The van der Waals surface area contributed by atoms with Crippen molar-refractivity contribution in [1.82, 2.24) is 0 Å². The highest BCUT2D eigenvalue weighted by atomic mass is 19.4. The first-order valence-electron chi connectivity index (χ1n) is 9.11. The van der Waals surface area contributed by atoms with Crippen LogP contribution in [0.15, 0.2) is 48.5 Å². The van der Waals surface area contributed by atoms with Gasteiger partial charge in [-0.15, -0.1) is 0 Å². The Bertz CT molecular complexity index is 816. The lowest BCUT2D eigenvalue weighted by Crippen LogP contribution is -3.19. The summed E-state index contributed by atoms with van der Waals surface area (Å²) < 4.78 is 38.5. The third kappa shape index (κ3) is 4.75. The van der Waals surface area contributed by atoms with Gasteiger partial charge in [-0.05, 0) is 49.4 Å². The van der Waals surface area contributed by atoms with E-state index in [1.165, 1.54) is 12.1 Å². The summed E-state index contributed by atoms with van der Waals surface area (Å²) in [5.74, 6) is -0.0831. The Morgan fingerprint density at radius 3 is 2.39 bits per heavy atom. The molecule has 3 N–H and O–H groups in total.